The smallest absolute Gasteiger partial charge is 0.475 e. The molecule has 1 aliphatic rings. The van der Waals surface area contributed by atoms with Gasteiger partial charge in [0.1, 0.15) is 6.54 Å². The number of hydrogen-bond acceptors (Lipinski definition) is 8. The Morgan fingerprint density at radius 1 is 1.19 bits per heavy atom. The van der Waals surface area contributed by atoms with Crippen molar-refractivity contribution in [3.8, 4) is 5.69 Å². The standard InChI is InChI=1S/C19H21ClN6O4.C2HF3O2/c1-23-17(28)15-16(25(19(23)29)11-14(27)30-2)22-18(24-9-7-21-8-10-24)26(15)13-6-4-3-5-12(13)20;3-2(4,5)1(6)7/h3-6,21H,7-11H2,1-2H3;(H,6,7). The number of rotatable bonds is 4. The summed E-state index contributed by atoms with van der Waals surface area (Å²) in [6.07, 6.45) is -5.08. The van der Waals surface area contributed by atoms with Crippen molar-refractivity contribution in [3.63, 3.8) is 0 Å². The molecule has 0 atom stereocenters. The van der Waals surface area contributed by atoms with Gasteiger partial charge in [0.05, 0.1) is 17.8 Å². The first kappa shape index (κ1) is 27.7. The molecule has 1 aliphatic heterocycles. The fraction of sp³-hybridized carbons (Fsp3) is 0.381. The van der Waals surface area contributed by atoms with Crippen LogP contribution in [0.1, 0.15) is 0 Å². The highest BCUT2D eigenvalue weighted by molar-refractivity contribution is 6.32. The summed E-state index contributed by atoms with van der Waals surface area (Å²) < 4.78 is 40.2. The Morgan fingerprint density at radius 3 is 2.32 bits per heavy atom. The number of fused-ring (bicyclic) bond motifs is 1. The molecule has 3 heterocycles. The molecule has 4 rings (SSSR count). The monoisotopic (exact) mass is 546 g/mol. The third-order valence-corrected chi connectivity index (χ3v) is 5.69. The molecule has 2 N–H and O–H groups in total. The van der Waals surface area contributed by atoms with Gasteiger partial charge in [0, 0.05) is 33.2 Å². The van der Waals surface area contributed by atoms with Gasteiger partial charge in [0.15, 0.2) is 11.2 Å². The van der Waals surface area contributed by atoms with E-state index in [1.165, 1.54) is 14.2 Å². The Bertz CT molecular complexity index is 1440. The summed E-state index contributed by atoms with van der Waals surface area (Å²) in [5.74, 6) is -2.89. The summed E-state index contributed by atoms with van der Waals surface area (Å²) >= 11 is 6.47. The minimum absolute atomic E-state index is 0.113. The lowest BCUT2D eigenvalue weighted by molar-refractivity contribution is -0.192. The number of methoxy groups -OCH3 is 1. The Morgan fingerprint density at radius 2 is 1.78 bits per heavy atom. The number of aromatic nitrogens is 4. The zero-order chi connectivity index (χ0) is 27.5. The van der Waals surface area contributed by atoms with Crippen molar-refractivity contribution in [3.05, 3.63) is 50.1 Å². The van der Waals surface area contributed by atoms with Crippen LogP contribution >= 0.6 is 11.6 Å². The number of hydrogen-bond donors (Lipinski definition) is 2. The van der Waals surface area contributed by atoms with Gasteiger partial charge in [-0.25, -0.2) is 9.59 Å². The van der Waals surface area contributed by atoms with Crippen LogP contribution in [-0.2, 0) is 27.9 Å². The highest BCUT2D eigenvalue weighted by Gasteiger charge is 2.38. The SMILES string of the molecule is COC(=O)Cn1c(=O)n(C)c(=O)c2c1nc(N1CCNCC1)n2-c1ccccc1Cl.O=C(O)C(F)(F)F. The fourth-order valence-corrected chi connectivity index (χ4v) is 3.79. The van der Waals surface area contributed by atoms with Crippen LogP contribution in [0, 0.1) is 0 Å². The second-order valence-electron chi connectivity index (χ2n) is 7.72. The molecule has 0 saturated carbocycles. The highest BCUT2D eigenvalue weighted by atomic mass is 35.5. The third kappa shape index (κ3) is 5.77. The van der Waals surface area contributed by atoms with E-state index in [1.54, 1.807) is 22.8 Å². The average molecular weight is 547 g/mol. The summed E-state index contributed by atoms with van der Waals surface area (Å²) in [6, 6.07) is 7.10. The first-order valence-electron chi connectivity index (χ1n) is 10.7. The van der Waals surface area contributed by atoms with Crippen molar-refractivity contribution in [2.75, 3.05) is 38.2 Å². The number of benzene rings is 1. The number of carbonyl (C=O) groups excluding carboxylic acids is 1. The van der Waals surface area contributed by atoms with E-state index in [-0.39, 0.29) is 17.7 Å². The van der Waals surface area contributed by atoms with Crippen LogP contribution in [0.2, 0.25) is 5.02 Å². The fourth-order valence-electron chi connectivity index (χ4n) is 3.57. The van der Waals surface area contributed by atoms with E-state index in [0.717, 1.165) is 22.2 Å². The average Bonchev–Trinajstić information content (AvgIpc) is 3.26. The number of carboxylic acids is 1. The van der Waals surface area contributed by atoms with Gasteiger partial charge >= 0.3 is 23.8 Å². The number of aliphatic carboxylic acids is 1. The van der Waals surface area contributed by atoms with Crippen LogP contribution < -0.4 is 21.5 Å². The zero-order valence-corrected chi connectivity index (χ0v) is 20.3. The van der Waals surface area contributed by atoms with Gasteiger partial charge in [-0.15, -0.1) is 0 Å². The second-order valence-corrected chi connectivity index (χ2v) is 8.13. The van der Waals surface area contributed by atoms with E-state index in [0.29, 0.717) is 29.7 Å². The summed E-state index contributed by atoms with van der Waals surface area (Å²) in [5, 5.41) is 10.8. The Balaban J connectivity index is 0.000000479. The lowest BCUT2D eigenvalue weighted by Gasteiger charge is -2.28. The Kier molecular flexibility index (Phi) is 8.28. The minimum Gasteiger partial charge on any atom is -0.475 e. The third-order valence-electron chi connectivity index (χ3n) is 5.37. The largest absolute Gasteiger partial charge is 0.490 e. The number of anilines is 1. The molecule has 0 aliphatic carbocycles. The lowest BCUT2D eigenvalue weighted by atomic mass is 10.3. The number of para-hydroxylation sites is 1. The number of piperazine rings is 1. The number of esters is 1. The topological polar surface area (TPSA) is 141 Å². The van der Waals surface area contributed by atoms with Crippen LogP contribution in [0.4, 0.5) is 19.1 Å². The lowest BCUT2D eigenvalue weighted by Crippen LogP contribution is -2.44. The van der Waals surface area contributed by atoms with Gasteiger partial charge in [-0.1, -0.05) is 23.7 Å². The van der Waals surface area contributed by atoms with E-state index >= 15 is 0 Å². The number of carbonyl (C=O) groups is 2. The molecule has 0 spiro atoms. The predicted molar refractivity (Wildman–Crippen MR) is 126 cm³/mol. The molecule has 12 nitrogen and oxygen atoms in total. The van der Waals surface area contributed by atoms with Crippen LogP contribution in [0.5, 0.6) is 0 Å². The van der Waals surface area contributed by atoms with E-state index in [9.17, 15) is 27.6 Å². The predicted octanol–water partition coefficient (Wildman–Crippen LogP) is 0.755. The van der Waals surface area contributed by atoms with E-state index < -0.39 is 29.4 Å². The number of nitrogens with zero attached hydrogens (tertiary/aromatic N) is 5. The minimum atomic E-state index is -5.08. The highest BCUT2D eigenvalue weighted by Crippen LogP contribution is 2.29. The van der Waals surface area contributed by atoms with Crippen LogP contribution in [0.3, 0.4) is 0 Å². The maximum atomic E-state index is 13.2. The van der Waals surface area contributed by atoms with Gasteiger partial charge in [0.25, 0.3) is 5.56 Å². The molecule has 16 heteroatoms. The molecule has 0 radical (unpaired) electrons. The van der Waals surface area contributed by atoms with E-state index in [1.807, 2.05) is 11.0 Å². The van der Waals surface area contributed by atoms with Gasteiger partial charge in [0.2, 0.25) is 5.95 Å². The first-order chi connectivity index (χ1) is 17.4. The number of imidazole rings is 1. The van der Waals surface area contributed by atoms with Gasteiger partial charge in [-0.2, -0.15) is 18.2 Å². The molecule has 3 aromatic rings. The van der Waals surface area contributed by atoms with Crippen molar-refractivity contribution in [1.82, 2.24) is 24.0 Å². The summed E-state index contributed by atoms with van der Waals surface area (Å²) in [6.45, 7) is 2.46. The molecule has 200 valence electrons. The molecule has 0 bridgehead atoms. The Labute approximate surface area is 211 Å². The molecule has 1 fully saturated rings. The van der Waals surface area contributed by atoms with Gasteiger partial charge in [-0.05, 0) is 12.1 Å². The summed E-state index contributed by atoms with van der Waals surface area (Å²) in [4.78, 5) is 53.4. The molecular formula is C21H22ClF3N6O6. The number of nitrogens with one attached hydrogen (secondary N) is 1. The molecule has 0 amide bonds. The van der Waals surface area contributed by atoms with Crippen molar-refractivity contribution in [2.24, 2.45) is 7.05 Å². The number of alkyl halides is 3. The number of ether oxygens (including phenoxy) is 1. The van der Waals surface area contributed by atoms with Crippen LogP contribution in [0.15, 0.2) is 33.9 Å². The van der Waals surface area contributed by atoms with Crippen molar-refractivity contribution < 1.29 is 32.6 Å². The Hall–Kier alpha value is -3.85. The van der Waals surface area contributed by atoms with E-state index in [2.05, 4.69) is 10.3 Å². The number of halogens is 4. The second kappa shape index (κ2) is 11.0. The van der Waals surface area contributed by atoms with Crippen molar-refractivity contribution in [2.45, 2.75) is 12.7 Å². The van der Waals surface area contributed by atoms with Crippen molar-refractivity contribution >= 4 is 40.7 Å². The molecule has 1 saturated heterocycles. The quantitative estimate of drug-likeness (QED) is 0.454. The maximum absolute atomic E-state index is 13.2. The number of carboxylic acid groups (broad SMARTS) is 1. The normalized spacial score (nSPS) is 13.7. The summed E-state index contributed by atoms with van der Waals surface area (Å²) in [5.41, 5.74) is -0.321. The molecule has 1 aromatic carbocycles. The maximum Gasteiger partial charge on any atom is 0.490 e. The van der Waals surface area contributed by atoms with E-state index in [4.69, 9.17) is 26.2 Å². The molecule has 0 unspecified atom stereocenters. The van der Waals surface area contributed by atoms with Gasteiger partial charge < -0.3 is 20.1 Å². The van der Waals surface area contributed by atoms with Crippen LogP contribution in [0.25, 0.3) is 16.9 Å². The van der Waals surface area contributed by atoms with Crippen LogP contribution in [-0.4, -0.2) is 75.2 Å². The zero-order valence-electron chi connectivity index (χ0n) is 19.6. The van der Waals surface area contributed by atoms with Gasteiger partial charge in [-0.3, -0.25) is 23.3 Å². The molecular weight excluding hydrogens is 525 g/mol. The summed E-state index contributed by atoms with van der Waals surface area (Å²) in [7, 11) is 2.60. The first-order valence-corrected chi connectivity index (χ1v) is 11.1. The molecule has 2 aromatic heterocycles. The van der Waals surface area contributed by atoms with Crippen molar-refractivity contribution in [1.29, 1.82) is 0 Å². The molecule has 37 heavy (non-hydrogen) atoms.